The molecule has 3 aromatic rings. The number of methoxy groups -OCH3 is 1. The molecule has 0 atom stereocenters. The molecule has 0 unspecified atom stereocenters. The van der Waals surface area contributed by atoms with Crippen LogP contribution in [0.1, 0.15) is 26.6 Å². The van der Waals surface area contributed by atoms with E-state index in [2.05, 4.69) is 10.3 Å². The molecule has 1 aromatic carbocycles. The number of furan rings is 1. The van der Waals surface area contributed by atoms with Crippen molar-refractivity contribution >= 4 is 28.5 Å². The van der Waals surface area contributed by atoms with Crippen molar-refractivity contribution in [3.05, 3.63) is 59.7 Å². The SMILES string of the molecule is COC(=O)c1ccc2nc(C)cc(NC(=O)c3ccco3)c2c1. The van der Waals surface area contributed by atoms with Crippen LogP contribution in [-0.2, 0) is 4.74 Å². The highest BCUT2D eigenvalue weighted by molar-refractivity contribution is 6.08. The van der Waals surface area contributed by atoms with Crippen molar-refractivity contribution < 1.29 is 18.7 Å². The lowest BCUT2D eigenvalue weighted by Crippen LogP contribution is -2.12. The highest BCUT2D eigenvalue weighted by Gasteiger charge is 2.14. The molecule has 0 bridgehead atoms. The largest absolute Gasteiger partial charge is 0.465 e. The predicted octanol–water partition coefficient (Wildman–Crippen LogP) is 3.18. The molecule has 0 radical (unpaired) electrons. The van der Waals surface area contributed by atoms with Crippen LogP contribution in [0.25, 0.3) is 10.9 Å². The number of carbonyl (C=O) groups is 2. The zero-order chi connectivity index (χ0) is 16.4. The summed E-state index contributed by atoms with van der Waals surface area (Å²) in [5.74, 6) is -0.613. The normalized spacial score (nSPS) is 10.5. The van der Waals surface area contributed by atoms with E-state index < -0.39 is 5.97 Å². The number of pyridine rings is 1. The number of aryl methyl sites for hydroxylation is 1. The minimum atomic E-state index is -0.448. The summed E-state index contributed by atoms with van der Waals surface area (Å²) in [5, 5.41) is 3.44. The van der Waals surface area contributed by atoms with Crippen LogP contribution >= 0.6 is 0 Å². The minimum absolute atomic E-state index is 0.205. The fourth-order valence-electron chi connectivity index (χ4n) is 2.30. The van der Waals surface area contributed by atoms with Gasteiger partial charge in [-0.05, 0) is 43.3 Å². The molecule has 23 heavy (non-hydrogen) atoms. The van der Waals surface area contributed by atoms with Crippen LogP contribution in [0.5, 0.6) is 0 Å². The zero-order valence-electron chi connectivity index (χ0n) is 12.6. The number of carbonyl (C=O) groups excluding carboxylic acids is 2. The Morgan fingerprint density at radius 3 is 2.74 bits per heavy atom. The topological polar surface area (TPSA) is 81.4 Å². The Hall–Kier alpha value is -3.15. The summed E-state index contributed by atoms with van der Waals surface area (Å²) in [4.78, 5) is 28.3. The number of hydrogen-bond acceptors (Lipinski definition) is 5. The third kappa shape index (κ3) is 2.91. The van der Waals surface area contributed by atoms with Crippen LogP contribution in [0.2, 0.25) is 0 Å². The van der Waals surface area contributed by atoms with Gasteiger partial charge >= 0.3 is 5.97 Å². The molecule has 3 rings (SSSR count). The van der Waals surface area contributed by atoms with Gasteiger partial charge in [0.05, 0.1) is 30.1 Å². The third-order valence-corrected chi connectivity index (χ3v) is 3.35. The highest BCUT2D eigenvalue weighted by atomic mass is 16.5. The van der Waals surface area contributed by atoms with Gasteiger partial charge in [-0.2, -0.15) is 0 Å². The molecule has 6 nitrogen and oxygen atoms in total. The van der Waals surface area contributed by atoms with E-state index in [0.29, 0.717) is 22.2 Å². The molecular formula is C17H14N2O4. The Kier molecular flexibility index (Phi) is 3.80. The Morgan fingerprint density at radius 1 is 1.22 bits per heavy atom. The fraction of sp³-hybridized carbons (Fsp3) is 0.118. The number of hydrogen-bond donors (Lipinski definition) is 1. The van der Waals surface area contributed by atoms with Crippen molar-refractivity contribution in [3.63, 3.8) is 0 Å². The van der Waals surface area contributed by atoms with Crippen molar-refractivity contribution in [2.75, 3.05) is 12.4 Å². The summed E-state index contributed by atoms with van der Waals surface area (Å²) in [7, 11) is 1.32. The van der Waals surface area contributed by atoms with Crippen LogP contribution in [0.4, 0.5) is 5.69 Å². The second kappa shape index (κ2) is 5.92. The van der Waals surface area contributed by atoms with E-state index in [-0.39, 0.29) is 11.7 Å². The number of esters is 1. The number of nitrogens with one attached hydrogen (secondary N) is 1. The van der Waals surface area contributed by atoms with Gasteiger partial charge in [0.25, 0.3) is 5.91 Å². The van der Waals surface area contributed by atoms with Crippen molar-refractivity contribution in [3.8, 4) is 0 Å². The lowest BCUT2D eigenvalue weighted by molar-refractivity contribution is 0.0601. The number of nitrogens with zero attached hydrogens (tertiary/aromatic N) is 1. The molecule has 0 saturated heterocycles. The van der Waals surface area contributed by atoms with Gasteiger partial charge in [0.1, 0.15) is 0 Å². The van der Waals surface area contributed by atoms with Crippen LogP contribution < -0.4 is 5.32 Å². The molecule has 0 spiro atoms. The number of ether oxygens (including phenoxy) is 1. The second-order valence-corrected chi connectivity index (χ2v) is 4.97. The van der Waals surface area contributed by atoms with E-state index in [9.17, 15) is 9.59 Å². The summed E-state index contributed by atoms with van der Waals surface area (Å²) in [6.07, 6.45) is 1.43. The predicted molar refractivity (Wildman–Crippen MR) is 84.5 cm³/mol. The van der Waals surface area contributed by atoms with Crippen LogP contribution in [0.15, 0.2) is 47.1 Å². The molecule has 1 N–H and O–H groups in total. The van der Waals surface area contributed by atoms with E-state index >= 15 is 0 Å². The second-order valence-electron chi connectivity index (χ2n) is 4.97. The first-order valence-corrected chi connectivity index (χ1v) is 6.93. The Balaban J connectivity index is 2.07. The summed E-state index contributed by atoms with van der Waals surface area (Å²) in [6.45, 7) is 1.83. The maximum atomic E-state index is 12.2. The molecule has 6 heteroatoms. The lowest BCUT2D eigenvalue weighted by Gasteiger charge is -2.10. The van der Waals surface area contributed by atoms with Crippen LogP contribution in [0, 0.1) is 6.92 Å². The average molecular weight is 310 g/mol. The molecule has 116 valence electrons. The van der Waals surface area contributed by atoms with Gasteiger partial charge in [-0.25, -0.2) is 4.79 Å². The van der Waals surface area contributed by atoms with E-state index in [4.69, 9.17) is 9.15 Å². The van der Waals surface area contributed by atoms with Gasteiger partial charge in [-0.15, -0.1) is 0 Å². The molecule has 0 saturated carbocycles. The molecule has 0 aliphatic heterocycles. The van der Waals surface area contributed by atoms with Crippen molar-refractivity contribution in [1.82, 2.24) is 4.98 Å². The Bertz CT molecular complexity index is 885. The maximum absolute atomic E-state index is 12.2. The van der Waals surface area contributed by atoms with E-state index in [0.717, 1.165) is 5.69 Å². The standard InChI is InChI=1S/C17H14N2O4/c1-10-8-14(19-16(20)15-4-3-7-23-15)12-9-11(17(21)22-2)5-6-13(12)18-10/h3-9H,1-2H3,(H,18,19,20). The number of aromatic nitrogens is 1. The number of amides is 1. The maximum Gasteiger partial charge on any atom is 0.337 e. The van der Waals surface area contributed by atoms with E-state index in [1.54, 1.807) is 36.4 Å². The smallest absolute Gasteiger partial charge is 0.337 e. The van der Waals surface area contributed by atoms with Gasteiger partial charge in [0, 0.05) is 11.1 Å². The van der Waals surface area contributed by atoms with Crippen molar-refractivity contribution in [2.45, 2.75) is 6.92 Å². The Morgan fingerprint density at radius 2 is 2.04 bits per heavy atom. The number of benzene rings is 1. The molecule has 2 aromatic heterocycles. The summed E-state index contributed by atoms with van der Waals surface area (Å²) < 4.78 is 9.81. The van der Waals surface area contributed by atoms with Gasteiger partial charge in [0.15, 0.2) is 5.76 Å². The third-order valence-electron chi connectivity index (χ3n) is 3.35. The average Bonchev–Trinajstić information content (AvgIpc) is 3.08. The minimum Gasteiger partial charge on any atom is -0.465 e. The number of fused-ring (bicyclic) bond motifs is 1. The summed E-state index contributed by atoms with van der Waals surface area (Å²) in [5.41, 5.74) is 2.37. The molecule has 1 amide bonds. The molecule has 0 aliphatic carbocycles. The first kappa shape index (κ1) is 14.8. The zero-order valence-corrected chi connectivity index (χ0v) is 12.6. The Labute approximate surface area is 132 Å². The molecule has 2 heterocycles. The van der Waals surface area contributed by atoms with Crippen molar-refractivity contribution in [1.29, 1.82) is 0 Å². The number of anilines is 1. The monoisotopic (exact) mass is 310 g/mol. The van der Waals surface area contributed by atoms with E-state index in [1.165, 1.54) is 13.4 Å². The molecule has 0 fully saturated rings. The lowest BCUT2D eigenvalue weighted by atomic mass is 10.1. The van der Waals surface area contributed by atoms with Gasteiger partial charge in [-0.3, -0.25) is 9.78 Å². The quantitative estimate of drug-likeness (QED) is 0.751. The molecule has 0 aliphatic rings. The van der Waals surface area contributed by atoms with Gasteiger partial charge < -0.3 is 14.5 Å². The highest BCUT2D eigenvalue weighted by Crippen LogP contribution is 2.25. The van der Waals surface area contributed by atoms with E-state index in [1.807, 2.05) is 6.92 Å². The summed E-state index contributed by atoms with van der Waals surface area (Å²) >= 11 is 0. The number of rotatable bonds is 3. The van der Waals surface area contributed by atoms with Crippen LogP contribution in [0.3, 0.4) is 0 Å². The fourth-order valence-corrected chi connectivity index (χ4v) is 2.30. The first-order chi connectivity index (χ1) is 11.1. The van der Waals surface area contributed by atoms with Gasteiger partial charge in [0.2, 0.25) is 0 Å². The summed E-state index contributed by atoms with van der Waals surface area (Å²) in [6, 6.07) is 9.96. The van der Waals surface area contributed by atoms with Gasteiger partial charge in [-0.1, -0.05) is 0 Å². The molecular weight excluding hydrogens is 296 g/mol. The van der Waals surface area contributed by atoms with Crippen LogP contribution in [-0.4, -0.2) is 24.0 Å². The van der Waals surface area contributed by atoms with Crippen molar-refractivity contribution in [2.24, 2.45) is 0 Å². The first-order valence-electron chi connectivity index (χ1n) is 6.93.